The van der Waals surface area contributed by atoms with Gasteiger partial charge in [0, 0.05) is 109 Å². The van der Waals surface area contributed by atoms with Crippen LogP contribution in [-0.2, 0) is 5.41 Å². The minimum absolute atomic E-state index is 0.127. The SMILES string of the molecule is CC(C)(C)c1ccc(-n2c3ccccc3c3ccc(-c4ccc5oc6ccccc6c5c4)cc32)cc1.Cc1cc(C)cc(-n2c3ccccc3c3ccc(-c4ccc5oc6ccccc6c5c4)cc32)c1.c1ccc(-c2ccc(-n3c4ccccc4c4ccc(-c5ccc6oc7ccccc7c6c5)cc43)cc2)cc1.c1ccc2c(-n3c4ccccc4c4ccc(-c5ccc6oc7ccccc7c6c5)cc43)cccc2c1. The molecule has 30 rings (SSSR count). The molecular weight excluding hydrogens is 1750 g/mol. The Morgan fingerprint density at radius 3 is 0.785 bits per heavy atom. The molecule has 0 fully saturated rings. The zero-order valence-corrected chi connectivity index (χ0v) is 80.0. The fraction of sp³-hybridized carbons (Fsp3) is 0.0441. The fourth-order valence-corrected chi connectivity index (χ4v) is 22.3. The molecule has 682 valence electrons. The van der Waals surface area contributed by atoms with Gasteiger partial charge in [-0.2, -0.15) is 0 Å². The van der Waals surface area contributed by atoms with Crippen LogP contribution in [0.5, 0.6) is 0 Å². The van der Waals surface area contributed by atoms with Crippen LogP contribution in [-0.4, -0.2) is 18.3 Å². The number of para-hydroxylation sites is 8. The predicted molar refractivity (Wildman–Crippen MR) is 605 cm³/mol. The summed E-state index contributed by atoms with van der Waals surface area (Å²) in [7, 11) is 0. The molecule has 0 bridgehead atoms. The molecule has 0 spiro atoms. The number of aromatic nitrogens is 4. The Morgan fingerprint density at radius 2 is 0.417 bits per heavy atom. The molecule has 0 saturated heterocycles. The van der Waals surface area contributed by atoms with E-state index in [2.05, 4.69) is 484 Å². The molecule has 8 heteroatoms. The van der Waals surface area contributed by atoms with Crippen LogP contribution in [0.3, 0.4) is 0 Å². The Hall–Kier alpha value is -18.5. The molecule has 30 aromatic rings. The van der Waals surface area contributed by atoms with Gasteiger partial charge in [-0.1, -0.05) is 336 Å². The Balaban J connectivity index is 0.0000000956. The summed E-state index contributed by atoms with van der Waals surface area (Å²) in [5, 5.41) is 21.9. The van der Waals surface area contributed by atoms with E-state index in [9.17, 15) is 0 Å². The van der Waals surface area contributed by atoms with Crippen LogP contribution in [0.15, 0.2) is 497 Å². The third-order valence-corrected chi connectivity index (χ3v) is 29.2. The van der Waals surface area contributed by atoms with Crippen molar-refractivity contribution in [1.82, 2.24) is 18.3 Å². The van der Waals surface area contributed by atoms with Crippen molar-refractivity contribution >= 4 is 186 Å². The van der Waals surface area contributed by atoms with Gasteiger partial charge in [0.15, 0.2) is 0 Å². The first-order valence-corrected chi connectivity index (χ1v) is 49.4. The summed E-state index contributed by atoms with van der Waals surface area (Å²) in [6.45, 7) is 11.1. The third-order valence-electron chi connectivity index (χ3n) is 29.2. The van der Waals surface area contributed by atoms with E-state index >= 15 is 0 Å². The summed E-state index contributed by atoms with van der Waals surface area (Å²) in [6.07, 6.45) is 0. The lowest BCUT2D eigenvalue weighted by Gasteiger charge is -2.19. The second kappa shape index (κ2) is 34.2. The number of aryl methyl sites for hydroxylation is 2. The molecule has 0 saturated carbocycles. The van der Waals surface area contributed by atoms with Crippen molar-refractivity contribution in [3.05, 3.63) is 496 Å². The van der Waals surface area contributed by atoms with Gasteiger partial charge in [0.25, 0.3) is 0 Å². The Kier molecular flexibility index (Phi) is 20.2. The zero-order chi connectivity index (χ0) is 95.9. The Morgan fingerprint density at radius 1 is 0.160 bits per heavy atom. The Bertz CT molecular complexity index is 10300. The second-order valence-electron chi connectivity index (χ2n) is 39.1. The van der Waals surface area contributed by atoms with Gasteiger partial charge in [0.1, 0.15) is 44.7 Å². The highest BCUT2D eigenvalue weighted by Crippen LogP contribution is 2.46. The number of hydrogen-bond donors (Lipinski definition) is 0. The molecule has 0 N–H and O–H groups in total. The monoisotopic (exact) mass is 1850 g/mol. The number of rotatable bonds is 9. The van der Waals surface area contributed by atoms with Gasteiger partial charge < -0.3 is 35.9 Å². The molecule has 8 heterocycles. The minimum atomic E-state index is 0.127. The Labute approximate surface area is 830 Å². The quantitative estimate of drug-likeness (QED) is 0.144. The van der Waals surface area contributed by atoms with Crippen molar-refractivity contribution < 1.29 is 17.7 Å². The number of fused-ring (bicyclic) bond motifs is 25. The fourth-order valence-electron chi connectivity index (χ4n) is 22.3. The van der Waals surface area contributed by atoms with Crippen LogP contribution in [0.4, 0.5) is 0 Å². The zero-order valence-electron chi connectivity index (χ0n) is 80.0. The molecule has 8 nitrogen and oxygen atoms in total. The molecule has 8 aromatic heterocycles. The molecule has 0 atom stereocenters. The summed E-state index contributed by atoms with van der Waals surface area (Å²) in [5.74, 6) is 0. The summed E-state index contributed by atoms with van der Waals surface area (Å²) in [4.78, 5) is 0. The number of nitrogens with zero attached hydrogens (tertiary/aromatic N) is 4. The third kappa shape index (κ3) is 14.6. The molecule has 0 radical (unpaired) electrons. The summed E-state index contributed by atoms with van der Waals surface area (Å²) in [5.41, 5.74) is 37.9. The summed E-state index contributed by atoms with van der Waals surface area (Å²) in [6, 6.07) is 172. The van der Waals surface area contributed by atoms with Crippen molar-refractivity contribution in [2.24, 2.45) is 0 Å². The van der Waals surface area contributed by atoms with Crippen molar-refractivity contribution in [3.8, 4) is 78.4 Å². The van der Waals surface area contributed by atoms with E-state index in [4.69, 9.17) is 17.7 Å². The van der Waals surface area contributed by atoms with Gasteiger partial charge >= 0.3 is 0 Å². The maximum atomic E-state index is 6.07. The topological polar surface area (TPSA) is 72.3 Å². The van der Waals surface area contributed by atoms with E-state index in [0.717, 1.165) is 93.4 Å². The molecule has 22 aromatic carbocycles. The van der Waals surface area contributed by atoms with E-state index < -0.39 is 0 Å². The van der Waals surface area contributed by atoms with Crippen LogP contribution >= 0.6 is 0 Å². The maximum absolute atomic E-state index is 6.07. The van der Waals surface area contributed by atoms with E-state index in [1.54, 1.807) is 0 Å². The van der Waals surface area contributed by atoms with Crippen LogP contribution in [0.25, 0.3) is 264 Å². The van der Waals surface area contributed by atoms with Crippen LogP contribution in [0.2, 0.25) is 0 Å². The smallest absolute Gasteiger partial charge is 0.135 e. The highest BCUT2D eigenvalue weighted by atomic mass is 16.3. The summed E-state index contributed by atoms with van der Waals surface area (Å²) >= 11 is 0. The average Bonchev–Trinajstić information content (AvgIpc) is 1.58. The van der Waals surface area contributed by atoms with Crippen LogP contribution < -0.4 is 0 Å². The van der Waals surface area contributed by atoms with E-state index in [1.807, 2.05) is 48.5 Å². The first kappa shape index (κ1) is 84.8. The molecule has 0 amide bonds. The van der Waals surface area contributed by atoms with Crippen LogP contribution in [0.1, 0.15) is 37.5 Å². The van der Waals surface area contributed by atoms with E-state index in [-0.39, 0.29) is 5.41 Å². The van der Waals surface area contributed by atoms with Gasteiger partial charge in [-0.3, -0.25) is 0 Å². The van der Waals surface area contributed by atoms with E-state index in [0.29, 0.717) is 0 Å². The predicted octanol–water partition coefficient (Wildman–Crippen LogP) is 38.1. The minimum Gasteiger partial charge on any atom is -0.456 e. The van der Waals surface area contributed by atoms with Gasteiger partial charge in [-0.15, -0.1) is 0 Å². The highest BCUT2D eigenvalue weighted by Gasteiger charge is 2.24. The molecular formula is C136H94N4O4. The highest BCUT2D eigenvalue weighted by molar-refractivity contribution is 6.17. The van der Waals surface area contributed by atoms with Crippen molar-refractivity contribution in [1.29, 1.82) is 0 Å². The largest absolute Gasteiger partial charge is 0.456 e. The molecule has 0 aliphatic heterocycles. The molecule has 0 aliphatic rings. The lowest BCUT2D eigenvalue weighted by atomic mass is 9.87. The van der Waals surface area contributed by atoms with Crippen LogP contribution in [0, 0.1) is 13.8 Å². The average molecular weight is 1850 g/mol. The molecule has 0 aliphatic carbocycles. The van der Waals surface area contributed by atoms with Crippen molar-refractivity contribution in [2.75, 3.05) is 0 Å². The number of furan rings is 4. The van der Waals surface area contributed by atoms with Gasteiger partial charge in [-0.05, 0) is 261 Å². The van der Waals surface area contributed by atoms with Gasteiger partial charge in [-0.25, -0.2) is 0 Å². The first-order chi connectivity index (χ1) is 70.8. The lowest BCUT2D eigenvalue weighted by molar-refractivity contribution is 0.590. The molecule has 0 unspecified atom stereocenters. The van der Waals surface area contributed by atoms with Crippen molar-refractivity contribution in [3.63, 3.8) is 0 Å². The number of hydrogen-bond acceptors (Lipinski definition) is 4. The van der Waals surface area contributed by atoms with Crippen molar-refractivity contribution in [2.45, 2.75) is 40.0 Å². The van der Waals surface area contributed by atoms with E-state index in [1.165, 1.54) is 187 Å². The standard InChI is InChI=1S/C36H23NO.C34H21NO.C34H27NO.C32H23NO/c1-2-8-24(9-3-1)25-14-18-28(19-15-25)37-33-12-6-4-10-29(33)30-20-16-27(23-34(30)37)26-17-21-36-32(22-26)31-11-5-7-13-35(31)38-36;1-2-10-25-22(8-1)9-7-14-30(25)35-31-13-5-3-11-26(31)27-18-16-24(21-32(27)35)23-17-19-34-29(20-23)28-12-4-6-15-33(28)36-34;1-34(2,3)24-14-16-25(17-15-24)35-30-10-6-4-8-26(30)27-18-12-23(21-31(27)35)22-13-19-33-29(20-22)28-9-5-7-11-32(28)36-33;1-20-15-21(2)17-24(16-20)33-29-9-5-3-7-25(29)26-13-11-23(19-30(26)33)22-12-14-32-28(18-22)27-8-4-6-10-31(27)34-32/h1-23H;1-21H;4-21H,1-3H3;3-19H,1-2H3. The first-order valence-electron chi connectivity index (χ1n) is 49.4. The van der Waals surface area contributed by atoms with Gasteiger partial charge in [0.2, 0.25) is 0 Å². The summed E-state index contributed by atoms with van der Waals surface area (Å²) < 4.78 is 33.8. The number of benzene rings is 22. The maximum Gasteiger partial charge on any atom is 0.135 e. The lowest BCUT2D eigenvalue weighted by Crippen LogP contribution is -2.10. The van der Waals surface area contributed by atoms with Gasteiger partial charge in [0.05, 0.1) is 49.8 Å². The molecule has 144 heavy (non-hydrogen) atoms. The second-order valence-corrected chi connectivity index (χ2v) is 39.1. The normalized spacial score (nSPS) is 11.9.